The molecule has 3 aliphatic rings. The van der Waals surface area contributed by atoms with Crippen molar-refractivity contribution >= 4 is 23.2 Å². The summed E-state index contributed by atoms with van der Waals surface area (Å²) in [4.78, 5) is 28.2. The summed E-state index contributed by atoms with van der Waals surface area (Å²) in [5, 5.41) is 2.98. The van der Waals surface area contributed by atoms with E-state index in [4.69, 9.17) is 0 Å². The molecule has 2 unspecified atom stereocenters. The fourth-order valence-corrected chi connectivity index (χ4v) is 4.14. The van der Waals surface area contributed by atoms with Gasteiger partial charge in [0, 0.05) is 39.0 Å². The molecule has 5 nitrogen and oxygen atoms in total. The summed E-state index contributed by atoms with van der Waals surface area (Å²) in [6, 6.07) is 4.58. The lowest BCUT2D eigenvalue weighted by atomic mass is 10.2. The van der Waals surface area contributed by atoms with E-state index < -0.39 is 0 Å². The lowest BCUT2D eigenvalue weighted by Crippen LogP contribution is -2.34. The van der Waals surface area contributed by atoms with Gasteiger partial charge in [0.05, 0.1) is 11.4 Å². The number of hydrogen-bond acceptors (Lipinski definition) is 3. The van der Waals surface area contributed by atoms with Gasteiger partial charge in [-0.15, -0.1) is 0 Å². The predicted octanol–water partition coefficient (Wildman–Crippen LogP) is 2.87. The monoisotopic (exact) mass is 359 g/mol. The zero-order chi connectivity index (χ0) is 18.3. The van der Waals surface area contributed by atoms with Crippen LogP contribution in [-0.4, -0.2) is 42.9 Å². The molecule has 2 atom stereocenters. The molecule has 0 aromatic heterocycles. The first-order chi connectivity index (χ1) is 12.5. The number of anilines is 2. The van der Waals surface area contributed by atoms with Crippen LogP contribution in [-0.2, 0) is 9.59 Å². The van der Waals surface area contributed by atoms with Gasteiger partial charge >= 0.3 is 0 Å². The van der Waals surface area contributed by atoms with Crippen LogP contribution in [0.1, 0.15) is 32.6 Å². The Morgan fingerprint density at radius 1 is 1.15 bits per heavy atom. The van der Waals surface area contributed by atoms with Crippen molar-refractivity contribution in [3.63, 3.8) is 0 Å². The van der Waals surface area contributed by atoms with Gasteiger partial charge in [-0.2, -0.15) is 0 Å². The van der Waals surface area contributed by atoms with E-state index in [1.807, 2.05) is 4.90 Å². The number of halogens is 1. The van der Waals surface area contributed by atoms with Crippen molar-refractivity contribution in [2.75, 3.05) is 36.4 Å². The number of rotatable bonds is 4. The molecule has 4 rings (SSSR count). The fraction of sp³-hybridized carbons (Fsp3) is 0.600. The lowest BCUT2D eigenvalue weighted by molar-refractivity contribution is -0.128. The molecule has 1 saturated heterocycles. The van der Waals surface area contributed by atoms with Crippen molar-refractivity contribution in [2.24, 2.45) is 17.8 Å². The second-order valence-corrected chi connectivity index (χ2v) is 7.84. The number of hydrogen-bond donors (Lipinski definition) is 1. The molecule has 1 N–H and O–H groups in total. The Hall–Kier alpha value is -2.11. The number of amides is 2. The Kier molecular flexibility index (Phi) is 4.59. The highest BCUT2D eigenvalue weighted by Crippen LogP contribution is 2.54. The Balaban J connectivity index is 1.47. The first kappa shape index (κ1) is 17.3. The van der Waals surface area contributed by atoms with Gasteiger partial charge in [0.15, 0.2) is 0 Å². The van der Waals surface area contributed by atoms with Gasteiger partial charge in [0.1, 0.15) is 5.82 Å². The molecule has 2 saturated carbocycles. The Bertz CT molecular complexity index is 719. The molecule has 6 heteroatoms. The molecule has 26 heavy (non-hydrogen) atoms. The molecule has 0 spiro atoms. The maximum absolute atomic E-state index is 13.8. The third kappa shape index (κ3) is 3.69. The normalized spacial score (nSPS) is 25.6. The highest BCUT2D eigenvalue weighted by Gasteiger charge is 2.51. The zero-order valence-electron chi connectivity index (χ0n) is 15.2. The van der Waals surface area contributed by atoms with E-state index in [0.717, 1.165) is 37.5 Å². The summed E-state index contributed by atoms with van der Waals surface area (Å²) in [6.45, 7) is 4.44. The van der Waals surface area contributed by atoms with Crippen LogP contribution in [0.15, 0.2) is 18.2 Å². The van der Waals surface area contributed by atoms with E-state index in [1.54, 1.807) is 13.0 Å². The van der Waals surface area contributed by atoms with Gasteiger partial charge in [-0.1, -0.05) is 0 Å². The van der Waals surface area contributed by atoms with Gasteiger partial charge in [-0.25, -0.2) is 4.39 Å². The van der Waals surface area contributed by atoms with Gasteiger partial charge in [0.25, 0.3) is 0 Å². The van der Waals surface area contributed by atoms with Crippen LogP contribution in [0.2, 0.25) is 0 Å². The van der Waals surface area contributed by atoms with Crippen molar-refractivity contribution < 1.29 is 14.0 Å². The second-order valence-electron chi connectivity index (χ2n) is 7.84. The minimum absolute atomic E-state index is 0.0222. The standard InChI is InChI=1S/C20H26FN3O2/c1-13(25)23-7-2-8-24(10-9-23)19-6-5-15(21)11-18(19)22-20(26)17-12-16(17)14-3-4-14/h5-6,11,14,16-17H,2-4,7-10,12H2,1H3,(H,22,26). The molecule has 3 fully saturated rings. The lowest BCUT2D eigenvalue weighted by Gasteiger charge is -2.26. The van der Waals surface area contributed by atoms with Crippen molar-refractivity contribution in [3.05, 3.63) is 24.0 Å². The van der Waals surface area contributed by atoms with Crippen molar-refractivity contribution in [1.82, 2.24) is 4.90 Å². The smallest absolute Gasteiger partial charge is 0.227 e. The summed E-state index contributed by atoms with van der Waals surface area (Å²) in [5.74, 6) is 1.12. The van der Waals surface area contributed by atoms with Crippen LogP contribution < -0.4 is 10.2 Å². The number of nitrogens with one attached hydrogen (secondary N) is 1. The average Bonchev–Trinajstić information content (AvgIpc) is 3.49. The van der Waals surface area contributed by atoms with Crippen molar-refractivity contribution in [1.29, 1.82) is 0 Å². The van der Waals surface area contributed by atoms with Crippen LogP contribution in [0.4, 0.5) is 15.8 Å². The number of benzene rings is 1. The van der Waals surface area contributed by atoms with Crippen LogP contribution in [0.3, 0.4) is 0 Å². The van der Waals surface area contributed by atoms with Crippen LogP contribution in [0.25, 0.3) is 0 Å². The zero-order valence-corrected chi connectivity index (χ0v) is 15.2. The molecule has 2 amide bonds. The Labute approximate surface area is 153 Å². The Morgan fingerprint density at radius 2 is 1.96 bits per heavy atom. The molecule has 1 aromatic rings. The second kappa shape index (κ2) is 6.89. The maximum atomic E-state index is 13.8. The van der Waals surface area contributed by atoms with E-state index in [1.165, 1.54) is 25.0 Å². The average molecular weight is 359 g/mol. The van der Waals surface area contributed by atoms with Gasteiger partial charge < -0.3 is 15.1 Å². The molecule has 1 heterocycles. The first-order valence-corrected chi connectivity index (χ1v) is 9.64. The molecular weight excluding hydrogens is 333 g/mol. The number of nitrogens with zero attached hydrogens (tertiary/aromatic N) is 2. The highest BCUT2D eigenvalue weighted by molar-refractivity contribution is 5.97. The Morgan fingerprint density at radius 3 is 2.69 bits per heavy atom. The molecular formula is C20H26FN3O2. The maximum Gasteiger partial charge on any atom is 0.227 e. The quantitative estimate of drug-likeness (QED) is 0.899. The van der Waals surface area contributed by atoms with E-state index in [0.29, 0.717) is 24.7 Å². The van der Waals surface area contributed by atoms with Crippen molar-refractivity contribution in [2.45, 2.75) is 32.6 Å². The van der Waals surface area contributed by atoms with Crippen LogP contribution >= 0.6 is 0 Å². The number of carbonyl (C=O) groups excluding carboxylic acids is 2. The number of carbonyl (C=O) groups is 2. The predicted molar refractivity (Wildman–Crippen MR) is 98.4 cm³/mol. The molecule has 0 bridgehead atoms. The third-order valence-corrected chi connectivity index (χ3v) is 5.90. The SMILES string of the molecule is CC(=O)N1CCCN(c2ccc(F)cc2NC(=O)C2CC2C2CC2)CC1. The van der Waals surface area contributed by atoms with E-state index in [2.05, 4.69) is 10.2 Å². The molecule has 2 aliphatic carbocycles. The minimum Gasteiger partial charge on any atom is -0.368 e. The summed E-state index contributed by atoms with van der Waals surface area (Å²) in [7, 11) is 0. The van der Waals surface area contributed by atoms with E-state index in [9.17, 15) is 14.0 Å². The molecule has 1 aliphatic heterocycles. The first-order valence-electron chi connectivity index (χ1n) is 9.64. The van der Waals surface area contributed by atoms with Gasteiger partial charge in [-0.05, 0) is 55.7 Å². The van der Waals surface area contributed by atoms with Crippen LogP contribution in [0, 0.1) is 23.6 Å². The summed E-state index contributed by atoms with van der Waals surface area (Å²) < 4.78 is 13.8. The summed E-state index contributed by atoms with van der Waals surface area (Å²) in [6.07, 6.45) is 4.33. The van der Waals surface area contributed by atoms with Crippen LogP contribution in [0.5, 0.6) is 0 Å². The molecule has 140 valence electrons. The topological polar surface area (TPSA) is 52.7 Å². The van der Waals surface area contributed by atoms with Crippen molar-refractivity contribution in [3.8, 4) is 0 Å². The fourth-order valence-electron chi connectivity index (χ4n) is 4.14. The molecule has 0 radical (unpaired) electrons. The highest BCUT2D eigenvalue weighted by atomic mass is 19.1. The summed E-state index contributed by atoms with van der Waals surface area (Å²) in [5.41, 5.74) is 1.39. The summed E-state index contributed by atoms with van der Waals surface area (Å²) >= 11 is 0. The van der Waals surface area contributed by atoms with E-state index in [-0.39, 0.29) is 23.5 Å². The molecule has 1 aromatic carbocycles. The van der Waals surface area contributed by atoms with Gasteiger partial charge in [-0.3, -0.25) is 9.59 Å². The third-order valence-electron chi connectivity index (χ3n) is 5.90. The largest absolute Gasteiger partial charge is 0.368 e. The minimum atomic E-state index is -0.348. The van der Waals surface area contributed by atoms with Gasteiger partial charge in [0.2, 0.25) is 11.8 Å². The van der Waals surface area contributed by atoms with E-state index >= 15 is 0 Å².